The third-order valence-corrected chi connectivity index (χ3v) is 4.48. The third-order valence-electron chi connectivity index (χ3n) is 3.24. The Kier molecular flexibility index (Phi) is 3.99. The standard InChI is InChI=1S/C15H11BrClFN2O/c16-10-5-4-8(6-11(10)17)14(20-19)13-7-9-2-1-3-12(18)15(9)21-13/h1-7,14,20H,19H2. The Morgan fingerprint density at radius 2 is 2.05 bits per heavy atom. The average molecular weight is 370 g/mol. The molecule has 3 rings (SSSR count). The highest BCUT2D eigenvalue weighted by Crippen LogP contribution is 2.32. The summed E-state index contributed by atoms with van der Waals surface area (Å²) in [5, 5.41) is 1.25. The SMILES string of the molecule is NNC(c1ccc(Br)c(Cl)c1)c1cc2cccc(F)c2o1. The molecule has 0 amide bonds. The van der Waals surface area contributed by atoms with E-state index in [4.69, 9.17) is 21.9 Å². The second-order valence-corrected chi connectivity index (χ2v) is 5.84. The molecule has 1 atom stereocenters. The molecule has 1 aromatic heterocycles. The lowest BCUT2D eigenvalue weighted by molar-refractivity contribution is 0.465. The van der Waals surface area contributed by atoms with Gasteiger partial charge < -0.3 is 4.42 Å². The number of rotatable bonds is 3. The molecule has 0 saturated carbocycles. The van der Waals surface area contributed by atoms with E-state index in [1.54, 1.807) is 24.3 Å². The van der Waals surface area contributed by atoms with Crippen LogP contribution in [0.15, 0.2) is 51.4 Å². The van der Waals surface area contributed by atoms with E-state index in [-0.39, 0.29) is 5.58 Å². The molecule has 1 heterocycles. The first-order valence-electron chi connectivity index (χ1n) is 6.19. The zero-order chi connectivity index (χ0) is 15.0. The lowest BCUT2D eigenvalue weighted by Gasteiger charge is -2.14. The van der Waals surface area contributed by atoms with Crippen molar-refractivity contribution in [3.05, 3.63) is 69.1 Å². The smallest absolute Gasteiger partial charge is 0.169 e. The average Bonchev–Trinajstić information content (AvgIpc) is 2.89. The Bertz CT molecular complexity index is 805. The van der Waals surface area contributed by atoms with E-state index in [0.717, 1.165) is 10.0 Å². The van der Waals surface area contributed by atoms with Gasteiger partial charge in [0.1, 0.15) is 11.8 Å². The Hall–Kier alpha value is -1.40. The summed E-state index contributed by atoms with van der Waals surface area (Å²) >= 11 is 9.44. The Morgan fingerprint density at radius 3 is 2.71 bits per heavy atom. The fourth-order valence-electron chi connectivity index (χ4n) is 2.22. The summed E-state index contributed by atoms with van der Waals surface area (Å²) < 4.78 is 20.1. The molecule has 3 N–H and O–H groups in total. The molecule has 108 valence electrons. The van der Waals surface area contributed by atoms with E-state index in [1.807, 2.05) is 12.1 Å². The third kappa shape index (κ3) is 2.70. The molecule has 3 aromatic rings. The van der Waals surface area contributed by atoms with Crippen molar-refractivity contribution in [1.82, 2.24) is 5.43 Å². The summed E-state index contributed by atoms with van der Waals surface area (Å²) in [6.07, 6.45) is 0. The number of furan rings is 1. The lowest BCUT2D eigenvalue weighted by Crippen LogP contribution is -2.28. The van der Waals surface area contributed by atoms with Gasteiger partial charge in [-0.25, -0.2) is 9.82 Å². The minimum absolute atomic E-state index is 0.218. The van der Waals surface area contributed by atoms with Crippen LogP contribution in [0.4, 0.5) is 4.39 Å². The zero-order valence-corrected chi connectivity index (χ0v) is 13.1. The van der Waals surface area contributed by atoms with Gasteiger partial charge in [0.25, 0.3) is 0 Å². The van der Waals surface area contributed by atoms with Crippen LogP contribution in [-0.2, 0) is 0 Å². The Labute approximate surface area is 134 Å². The van der Waals surface area contributed by atoms with Crippen LogP contribution in [-0.4, -0.2) is 0 Å². The molecule has 1 unspecified atom stereocenters. The van der Waals surface area contributed by atoms with E-state index in [9.17, 15) is 4.39 Å². The summed E-state index contributed by atoms with van der Waals surface area (Å²) in [6, 6.07) is 11.6. The lowest BCUT2D eigenvalue weighted by atomic mass is 10.1. The number of benzene rings is 2. The van der Waals surface area contributed by atoms with Crippen molar-refractivity contribution < 1.29 is 8.81 Å². The molecule has 3 nitrogen and oxygen atoms in total. The summed E-state index contributed by atoms with van der Waals surface area (Å²) in [5.74, 6) is 5.75. The highest BCUT2D eigenvalue weighted by atomic mass is 79.9. The fraction of sp³-hybridized carbons (Fsp3) is 0.0667. The van der Waals surface area contributed by atoms with Crippen molar-refractivity contribution in [2.75, 3.05) is 0 Å². The highest BCUT2D eigenvalue weighted by molar-refractivity contribution is 9.10. The van der Waals surface area contributed by atoms with E-state index in [0.29, 0.717) is 16.2 Å². The van der Waals surface area contributed by atoms with Gasteiger partial charge in [-0.1, -0.05) is 29.8 Å². The van der Waals surface area contributed by atoms with Crippen molar-refractivity contribution in [2.45, 2.75) is 6.04 Å². The fourth-order valence-corrected chi connectivity index (χ4v) is 2.66. The van der Waals surface area contributed by atoms with Gasteiger partial charge in [-0.2, -0.15) is 0 Å². The minimum atomic E-state index is -0.414. The van der Waals surface area contributed by atoms with Crippen LogP contribution in [0.2, 0.25) is 5.02 Å². The van der Waals surface area contributed by atoms with Gasteiger partial charge in [0, 0.05) is 9.86 Å². The van der Waals surface area contributed by atoms with E-state index in [1.165, 1.54) is 6.07 Å². The number of halogens is 3. The van der Waals surface area contributed by atoms with E-state index >= 15 is 0 Å². The van der Waals surface area contributed by atoms with Crippen LogP contribution in [0.3, 0.4) is 0 Å². The van der Waals surface area contributed by atoms with Crippen LogP contribution in [0.1, 0.15) is 17.4 Å². The van der Waals surface area contributed by atoms with Crippen molar-refractivity contribution in [3.8, 4) is 0 Å². The van der Waals surface area contributed by atoms with Gasteiger partial charge in [0.2, 0.25) is 0 Å². The van der Waals surface area contributed by atoms with E-state index < -0.39 is 11.9 Å². The van der Waals surface area contributed by atoms with E-state index in [2.05, 4.69) is 21.4 Å². The van der Waals surface area contributed by atoms with Crippen molar-refractivity contribution in [3.63, 3.8) is 0 Å². The largest absolute Gasteiger partial charge is 0.456 e. The number of fused-ring (bicyclic) bond motifs is 1. The van der Waals surface area contributed by atoms with Crippen molar-refractivity contribution in [2.24, 2.45) is 5.84 Å². The highest BCUT2D eigenvalue weighted by Gasteiger charge is 2.19. The first-order valence-corrected chi connectivity index (χ1v) is 7.36. The number of hydrogen-bond acceptors (Lipinski definition) is 3. The number of hydrazine groups is 1. The molecule has 21 heavy (non-hydrogen) atoms. The molecule has 6 heteroatoms. The number of hydrogen-bond donors (Lipinski definition) is 2. The van der Waals surface area contributed by atoms with Crippen LogP contribution < -0.4 is 11.3 Å². The minimum Gasteiger partial charge on any atom is -0.456 e. The van der Waals surface area contributed by atoms with Crippen LogP contribution >= 0.6 is 27.5 Å². The Balaban J connectivity index is 2.09. The van der Waals surface area contributed by atoms with Crippen LogP contribution in [0.5, 0.6) is 0 Å². The first kappa shape index (κ1) is 14.5. The number of nitrogens with one attached hydrogen (secondary N) is 1. The summed E-state index contributed by atoms with van der Waals surface area (Å²) in [7, 11) is 0. The van der Waals surface area contributed by atoms with Gasteiger partial charge in [0.05, 0.1) is 5.02 Å². The monoisotopic (exact) mass is 368 g/mol. The molecule has 0 saturated heterocycles. The molecular formula is C15H11BrClFN2O. The second kappa shape index (κ2) is 5.77. The van der Waals surface area contributed by atoms with Gasteiger partial charge in [-0.05, 0) is 45.8 Å². The predicted molar refractivity (Wildman–Crippen MR) is 84.5 cm³/mol. The molecule has 0 spiro atoms. The first-order chi connectivity index (χ1) is 10.1. The maximum Gasteiger partial charge on any atom is 0.169 e. The maximum atomic E-state index is 13.7. The van der Waals surface area contributed by atoms with Crippen molar-refractivity contribution in [1.29, 1.82) is 0 Å². The number of para-hydroxylation sites is 1. The normalized spacial score (nSPS) is 12.8. The quantitative estimate of drug-likeness (QED) is 0.526. The molecule has 0 aliphatic carbocycles. The van der Waals surface area contributed by atoms with Gasteiger partial charge in [-0.15, -0.1) is 0 Å². The molecule has 0 aliphatic rings. The zero-order valence-electron chi connectivity index (χ0n) is 10.7. The summed E-state index contributed by atoms with van der Waals surface area (Å²) in [6.45, 7) is 0. The molecule has 0 fully saturated rings. The maximum absolute atomic E-state index is 13.7. The molecule has 2 aromatic carbocycles. The van der Waals surface area contributed by atoms with Crippen LogP contribution in [0.25, 0.3) is 11.0 Å². The summed E-state index contributed by atoms with van der Waals surface area (Å²) in [4.78, 5) is 0. The predicted octanol–water partition coefficient (Wildman–Crippen LogP) is 4.54. The molecule has 0 aliphatic heterocycles. The summed E-state index contributed by atoms with van der Waals surface area (Å²) in [5.41, 5.74) is 3.71. The Morgan fingerprint density at radius 1 is 1.24 bits per heavy atom. The van der Waals surface area contributed by atoms with Crippen molar-refractivity contribution >= 4 is 38.5 Å². The van der Waals surface area contributed by atoms with Gasteiger partial charge in [-0.3, -0.25) is 5.84 Å². The topological polar surface area (TPSA) is 51.2 Å². The van der Waals surface area contributed by atoms with Gasteiger partial charge in [0.15, 0.2) is 11.4 Å². The number of nitrogens with two attached hydrogens (primary N) is 1. The second-order valence-electron chi connectivity index (χ2n) is 4.58. The molecular weight excluding hydrogens is 359 g/mol. The van der Waals surface area contributed by atoms with Crippen LogP contribution in [0, 0.1) is 5.82 Å². The molecule has 0 bridgehead atoms. The molecule has 0 radical (unpaired) electrons. The van der Waals surface area contributed by atoms with Gasteiger partial charge >= 0.3 is 0 Å².